The van der Waals surface area contributed by atoms with Crippen molar-refractivity contribution in [3.63, 3.8) is 0 Å². The van der Waals surface area contributed by atoms with Gasteiger partial charge in [0.05, 0.1) is 12.7 Å². The van der Waals surface area contributed by atoms with Gasteiger partial charge in [-0.2, -0.15) is 0 Å². The van der Waals surface area contributed by atoms with Crippen LogP contribution in [0.3, 0.4) is 0 Å². The quantitative estimate of drug-likeness (QED) is 0.564. The molecule has 1 N–H and O–H groups in total. The summed E-state index contributed by atoms with van der Waals surface area (Å²) in [6, 6.07) is 3.89. The zero-order valence-electron chi connectivity index (χ0n) is 17.5. The standard InChI is InChI=1S/C30H8O4/c1-3-4-5-6-7-8-9-10-11-12-13-14-15-16-17-18-19-20-21-22-23-34-29-25-27(30(32)33-2)24-28(31)26-29/h1,24-26,31H,2H3. The average Bonchev–Trinajstić information content (AvgIpc) is 2.84. The summed E-state index contributed by atoms with van der Waals surface area (Å²) in [6.45, 7) is 0. The number of aromatic hydroxyl groups is 1. The summed E-state index contributed by atoms with van der Waals surface area (Å²) >= 11 is 0. The van der Waals surface area contributed by atoms with Crippen LogP contribution in [0.1, 0.15) is 10.4 Å². The maximum absolute atomic E-state index is 11.5. The predicted molar refractivity (Wildman–Crippen MR) is 127 cm³/mol. The van der Waals surface area contributed by atoms with E-state index in [1.807, 2.05) is 0 Å². The Morgan fingerprint density at radius 3 is 1.50 bits per heavy atom. The highest BCUT2D eigenvalue weighted by Gasteiger charge is 2.08. The van der Waals surface area contributed by atoms with E-state index in [-0.39, 0.29) is 17.1 Å². The van der Waals surface area contributed by atoms with E-state index in [2.05, 4.69) is 129 Å². The molecule has 34 heavy (non-hydrogen) atoms. The number of phenolic OH excluding ortho intramolecular Hbond substituents is 1. The zero-order valence-corrected chi connectivity index (χ0v) is 17.5. The van der Waals surface area contributed by atoms with Gasteiger partial charge in [0, 0.05) is 77.1 Å². The fourth-order valence-corrected chi connectivity index (χ4v) is 1.56. The molecule has 0 saturated carbocycles. The van der Waals surface area contributed by atoms with E-state index in [1.54, 1.807) is 0 Å². The summed E-state index contributed by atoms with van der Waals surface area (Å²) in [7, 11) is 1.23. The highest BCUT2D eigenvalue weighted by molar-refractivity contribution is 5.90. The van der Waals surface area contributed by atoms with Crippen LogP contribution in [0.5, 0.6) is 11.5 Å². The van der Waals surface area contributed by atoms with Crippen molar-refractivity contribution in [1.82, 2.24) is 0 Å². The van der Waals surface area contributed by atoms with Crippen molar-refractivity contribution in [3.05, 3.63) is 23.8 Å². The van der Waals surface area contributed by atoms with Crippen LogP contribution in [-0.4, -0.2) is 18.2 Å². The molecule has 1 rings (SSSR count). The number of esters is 1. The molecule has 0 bridgehead atoms. The normalized spacial score (nSPS) is 6.00. The van der Waals surface area contributed by atoms with Gasteiger partial charge in [-0.05, 0) is 59.5 Å². The highest BCUT2D eigenvalue weighted by Crippen LogP contribution is 2.22. The molecule has 0 aliphatic rings. The number of rotatable bonds is 2. The minimum absolute atomic E-state index is 0.121. The fourth-order valence-electron chi connectivity index (χ4n) is 1.56. The van der Waals surface area contributed by atoms with Gasteiger partial charge in [-0.25, -0.2) is 4.79 Å². The van der Waals surface area contributed by atoms with Crippen molar-refractivity contribution in [2.75, 3.05) is 7.11 Å². The third kappa shape index (κ3) is 12.8. The molecule has 0 saturated heterocycles. The number of carbonyl (C=O) groups excluding carboxylic acids is 1. The summed E-state index contributed by atoms with van der Waals surface area (Å²) in [6.07, 6.45) is 7.23. The summed E-state index contributed by atoms with van der Waals surface area (Å²) < 4.78 is 9.66. The first-order valence-electron chi connectivity index (χ1n) is 8.72. The second-order valence-electron chi connectivity index (χ2n) is 4.93. The molecule has 0 aliphatic heterocycles. The molecule has 4 heteroatoms. The Bertz CT molecular complexity index is 1650. The van der Waals surface area contributed by atoms with Gasteiger partial charge in [0.25, 0.3) is 0 Å². The van der Waals surface area contributed by atoms with Crippen LogP contribution in [0.15, 0.2) is 18.2 Å². The Balaban J connectivity index is 2.52. The molecule has 152 valence electrons. The number of methoxy groups -OCH3 is 1. The van der Waals surface area contributed by atoms with Gasteiger partial charge in [-0.3, -0.25) is 0 Å². The molecule has 1 aromatic carbocycles. The van der Waals surface area contributed by atoms with Gasteiger partial charge in [0.1, 0.15) is 17.6 Å². The molecule has 4 nitrogen and oxygen atoms in total. The van der Waals surface area contributed by atoms with Crippen molar-refractivity contribution in [2.45, 2.75) is 0 Å². The van der Waals surface area contributed by atoms with E-state index in [0.29, 0.717) is 0 Å². The average molecular weight is 432 g/mol. The summed E-state index contributed by atoms with van der Waals surface area (Å²) in [5, 5.41) is 9.58. The van der Waals surface area contributed by atoms with E-state index >= 15 is 0 Å². The zero-order chi connectivity index (χ0) is 24.7. The number of phenols is 1. The second kappa shape index (κ2) is 17.3. The van der Waals surface area contributed by atoms with Gasteiger partial charge in [0.15, 0.2) is 0 Å². The van der Waals surface area contributed by atoms with E-state index < -0.39 is 5.97 Å². The molecule has 0 aliphatic carbocycles. The Hall–Kier alpha value is -6.55. The largest absolute Gasteiger partial charge is 0.508 e. The first-order valence-corrected chi connectivity index (χ1v) is 8.72. The Morgan fingerprint density at radius 1 is 0.676 bits per heavy atom. The van der Waals surface area contributed by atoms with Gasteiger partial charge >= 0.3 is 5.97 Å². The fraction of sp³-hybridized carbons (Fsp3) is 0.0333. The summed E-state index contributed by atoms with van der Waals surface area (Å²) in [5.41, 5.74) is 0.121. The summed E-state index contributed by atoms with van der Waals surface area (Å²) in [5.74, 6) is 48.0. The molecule has 0 heterocycles. The molecule has 0 radical (unpaired) electrons. The number of hydrogen-bond acceptors (Lipinski definition) is 4. The molecule has 0 unspecified atom stereocenters. The Morgan fingerprint density at radius 2 is 1.09 bits per heavy atom. The van der Waals surface area contributed by atoms with Crippen molar-refractivity contribution in [2.24, 2.45) is 0 Å². The number of hydrogen-bond donors (Lipinski definition) is 1. The summed E-state index contributed by atoms with van der Waals surface area (Å²) in [4.78, 5) is 11.5. The van der Waals surface area contributed by atoms with Crippen molar-refractivity contribution >= 4 is 5.97 Å². The minimum atomic E-state index is -0.619. The van der Waals surface area contributed by atoms with Crippen molar-refractivity contribution < 1.29 is 19.4 Å². The maximum atomic E-state index is 11.5. The third-order valence-corrected chi connectivity index (χ3v) is 2.73. The molecule has 0 atom stereocenters. The first-order chi connectivity index (χ1) is 16.7. The van der Waals surface area contributed by atoms with Gasteiger partial charge in [-0.1, -0.05) is 0 Å². The molecule has 0 spiro atoms. The lowest BCUT2D eigenvalue weighted by Crippen LogP contribution is -2.01. The van der Waals surface area contributed by atoms with Gasteiger partial charge in [-0.15, -0.1) is 6.42 Å². The lowest BCUT2D eigenvalue weighted by atomic mass is 10.2. The molecule has 0 aromatic heterocycles. The van der Waals surface area contributed by atoms with Crippen LogP contribution in [0.2, 0.25) is 0 Å². The van der Waals surface area contributed by atoms with Crippen LogP contribution in [0, 0.1) is 131 Å². The molecule has 1 aromatic rings. The number of ether oxygens (including phenoxy) is 2. The van der Waals surface area contributed by atoms with Crippen LogP contribution < -0.4 is 4.74 Å². The van der Waals surface area contributed by atoms with Crippen LogP contribution in [0.4, 0.5) is 0 Å². The van der Waals surface area contributed by atoms with Crippen molar-refractivity contribution in [1.29, 1.82) is 0 Å². The molecular weight excluding hydrogens is 424 g/mol. The lowest BCUT2D eigenvalue weighted by Gasteiger charge is -2.02. The highest BCUT2D eigenvalue weighted by atomic mass is 16.5. The minimum Gasteiger partial charge on any atom is -0.508 e. The van der Waals surface area contributed by atoms with E-state index in [4.69, 9.17) is 11.2 Å². The molecule has 0 fully saturated rings. The first kappa shape index (κ1) is 25.5. The van der Waals surface area contributed by atoms with Crippen LogP contribution in [0.25, 0.3) is 0 Å². The number of carbonyl (C=O) groups is 1. The smallest absolute Gasteiger partial charge is 0.338 e. The Labute approximate surface area is 198 Å². The van der Waals surface area contributed by atoms with Gasteiger partial charge < -0.3 is 14.6 Å². The van der Waals surface area contributed by atoms with E-state index in [1.165, 1.54) is 25.3 Å². The number of terminal acetylenes is 1. The maximum Gasteiger partial charge on any atom is 0.338 e. The number of benzene rings is 1. The van der Waals surface area contributed by atoms with E-state index in [0.717, 1.165) is 0 Å². The topological polar surface area (TPSA) is 55.8 Å². The lowest BCUT2D eigenvalue weighted by molar-refractivity contribution is 0.0600. The van der Waals surface area contributed by atoms with Gasteiger partial charge in [0.2, 0.25) is 0 Å². The third-order valence-electron chi connectivity index (χ3n) is 2.73. The van der Waals surface area contributed by atoms with Crippen molar-refractivity contribution in [3.8, 4) is 142 Å². The van der Waals surface area contributed by atoms with Crippen LogP contribution >= 0.6 is 0 Å². The SMILES string of the molecule is C#CC#CC#CC#CC#CC#CC#CC#CC#CC#CC#COc1cc(O)cc(C(=O)OC)c1. The molecular formula is C30H8O4. The molecule has 0 amide bonds. The monoisotopic (exact) mass is 432 g/mol. The predicted octanol–water partition coefficient (Wildman–Crippen LogP) is 1.18. The Kier molecular flexibility index (Phi) is 13.0. The van der Waals surface area contributed by atoms with Crippen LogP contribution in [-0.2, 0) is 4.74 Å². The van der Waals surface area contributed by atoms with E-state index in [9.17, 15) is 9.90 Å². The second-order valence-corrected chi connectivity index (χ2v) is 4.93.